The highest BCUT2D eigenvalue weighted by molar-refractivity contribution is 5.50. The first-order chi connectivity index (χ1) is 9.69. The molecule has 0 radical (unpaired) electrons. The van der Waals surface area contributed by atoms with E-state index in [9.17, 15) is 13.2 Å². The van der Waals surface area contributed by atoms with Crippen molar-refractivity contribution >= 4 is 11.6 Å². The number of rotatable bonds is 3. The van der Waals surface area contributed by atoms with Gasteiger partial charge in [0.2, 0.25) is 0 Å². The van der Waals surface area contributed by atoms with Crippen LogP contribution in [0, 0.1) is 5.41 Å². The molecule has 0 aromatic carbocycles. The topological polar surface area (TPSA) is 37.0 Å². The molecule has 0 bridgehead atoms. The molecule has 1 fully saturated rings. The number of nitrogens with one attached hydrogen (secondary N) is 2. The summed E-state index contributed by atoms with van der Waals surface area (Å²) in [5.41, 5.74) is -0.351. The molecule has 0 saturated heterocycles. The zero-order chi connectivity index (χ0) is 15.7. The molecule has 0 atom stereocenters. The standard InChI is InChI=1S/C15H22F3N3/c1-14(2)6-4-11(5-7-14)20-13-9-10(15(16,17)18)8-12(19-3)21-13/h8-9,11H,4-7H2,1-3H3,(H2,19,20,21). The van der Waals surface area contributed by atoms with Crippen LogP contribution in [0.4, 0.5) is 24.8 Å². The van der Waals surface area contributed by atoms with Crippen molar-refractivity contribution in [3.05, 3.63) is 17.7 Å². The molecule has 2 N–H and O–H groups in total. The molecular formula is C15H22F3N3. The van der Waals surface area contributed by atoms with Crippen molar-refractivity contribution < 1.29 is 13.2 Å². The Bertz CT molecular complexity index is 487. The molecule has 0 unspecified atom stereocenters. The van der Waals surface area contributed by atoms with Gasteiger partial charge in [-0.1, -0.05) is 13.8 Å². The predicted octanol–water partition coefficient (Wildman–Crippen LogP) is 4.52. The van der Waals surface area contributed by atoms with Gasteiger partial charge in [-0.3, -0.25) is 0 Å². The number of nitrogens with zero attached hydrogens (tertiary/aromatic N) is 1. The summed E-state index contributed by atoms with van der Waals surface area (Å²) in [4.78, 5) is 4.17. The maximum absolute atomic E-state index is 12.9. The Kier molecular flexibility index (Phi) is 4.35. The maximum Gasteiger partial charge on any atom is 0.416 e. The summed E-state index contributed by atoms with van der Waals surface area (Å²) in [6.45, 7) is 4.45. The molecule has 1 heterocycles. The Morgan fingerprint density at radius 2 is 1.71 bits per heavy atom. The molecule has 1 aliphatic rings. The van der Waals surface area contributed by atoms with Gasteiger partial charge in [-0.2, -0.15) is 13.2 Å². The summed E-state index contributed by atoms with van der Waals surface area (Å²) < 4.78 is 38.6. The number of hydrogen-bond donors (Lipinski definition) is 2. The minimum Gasteiger partial charge on any atom is -0.373 e. The predicted molar refractivity (Wildman–Crippen MR) is 78.4 cm³/mol. The molecule has 6 heteroatoms. The van der Waals surface area contributed by atoms with Crippen molar-refractivity contribution in [2.75, 3.05) is 17.7 Å². The second-order valence-electron chi connectivity index (χ2n) is 6.46. The molecule has 0 amide bonds. The highest BCUT2D eigenvalue weighted by Crippen LogP contribution is 2.37. The van der Waals surface area contributed by atoms with Crippen molar-refractivity contribution in [1.29, 1.82) is 0 Å². The SMILES string of the molecule is CNc1cc(C(F)(F)F)cc(NC2CCC(C)(C)CC2)n1. The number of aromatic nitrogens is 1. The summed E-state index contributed by atoms with van der Waals surface area (Å²) in [6.07, 6.45) is -0.301. The number of hydrogen-bond acceptors (Lipinski definition) is 3. The Labute approximate surface area is 123 Å². The third-order valence-corrected chi connectivity index (χ3v) is 4.10. The van der Waals surface area contributed by atoms with Crippen LogP contribution in [-0.4, -0.2) is 18.1 Å². The largest absolute Gasteiger partial charge is 0.416 e. The molecule has 2 rings (SSSR count). The van der Waals surface area contributed by atoms with Crippen molar-refractivity contribution in [2.45, 2.75) is 51.7 Å². The first kappa shape index (κ1) is 15.9. The number of anilines is 2. The van der Waals surface area contributed by atoms with Crippen molar-refractivity contribution in [2.24, 2.45) is 5.41 Å². The Morgan fingerprint density at radius 1 is 1.14 bits per heavy atom. The zero-order valence-corrected chi connectivity index (χ0v) is 12.6. The van der Waals surface area contributed by atoms with Crippen molar-refractivity contribution in [3.63, 3.8) is 0 Å². The van der Waals surface area contributed by atoms with Gasteiger partial charge in [0.15, 0.2) is 0 Å². The van der Waals surface area contributed by atoms with Gasteiger partial charge in [0.1, 0.15) is 11.6 Å². The molecule has 0 spiro atoms. The summed E-state index contributed by atoms with van der Waals surface area (Å²) in [5, 5.41) is 5.83. The smallest absolute Gasteiger partial charge is 0.373 e. The molecule has 1 aromatic rings. The second-order valence-corrected chi connectivity index (χ2v) is 6.46. The minimum atomic E-state index is -4.36. The van der Waals surface area contributed by atoms with E-state index in [2.05, 4.69) is 29.5 Å². The van der Waals surface area contributed by atoms with Gasteiger partial charge in [0, 0.05) is 13.1 Å². The van der Waals surface area contributed by atoms with E-state index in [0.29, 0.717) is 11.2 Å². The summed E-state index contributed by atoms with van der Waals surface area (Å²) >= 11 is 0. The molecule has 1 aromatic heterocycles. The Morgan fingerprint density at radius 3 is 2.24 bits per heavy atom. The van der Waals surface area contributed by atoms with Crippen LogP contribution in [0.2, 0.25) is 0 Å². The van der Waals surface area contributed by atoms with Crippen LogP contribution in [0.15, 0.2) is 12.1 Å². The molecular weight excluding hydrogens is 279 g/mol. The van der Waals surface area contributed by atoms with Crippen molar-refractivity contribution in [3.8, 4) is 0 Å². The van der Waals surface area contributed by atoms with Gasteiger partial charge in [-0.25, -0.2) is 4.98 Å². The third-order valence-electron chi connectivity index (χ3n) is 4.10. The van der Waals surface area contributed by atoms with Crippen molar-refractivity contribution in [1.82, 2.24) is 4.98 Å². The van der Waals surface area contributed by atoms with Gasteiger partial charge in [-0.05, 0) is 43.2 Å². The lowest BCUT2D eigenvalue weighted by Gasteiger charge is -2.34. The average Bonchev–Trinajstić information content (AvgIpc) is 2.40. The second kappa shape index (κ2) is 5.73. The summed E-state index contributed by atoms with van der Waals surface area (Å²) in [6, 6.07) is 2.30. The van der Waals surface area contributed by atoms with Gasteiger partial charge in [0.05, 0.1) is 5.56 Å². The fraction of sp³-hybridized carbons (Fsp3) is 0.667. The van der Waals surface area contributed by atoms with Gasteiger partial charge in [0.25, 0.3) is 0 Å². The van der Waals surface area contributed by atoms with Gasteiger partial charge < -0.3 is 10.6 Å². The van der Waals surface area contributed by atoms with E-state index in [0.717, 1.165) is 37.8 Å². The number of halogens is 3. The lowest BCUT2D eigenvalue weighted by Crippen LogP contribution is -2.30. The van der Waals surface area contributed by atoms with Gasteiger partial charge in [-0.15, -0.1) is 0 Å². The molecule has 1 aliphatic carbocycles. The lowest BCUT2D eigenvalue weighted by atomic mass is 9.75. The van der Waals surface area contributed by atoms with Crippen LogP contribution < -0.4 is 10.6 Å². The fourth-order valence-corrected chi connectivity index (χ4v) is 2.65. The van der Waals surface area contributed by atoms with E-state index < -0.39 is 11.7 Å². The molecule has 0 aliphatic heterocycles. The van der Waals surface area contributed by atoms with E-state index in [4.69, 9.17) is 0 Å². The highest BCUT2D eigenvalue weighted by atomic mass is 19.4. The quantitative estimate of drug-likeness (QED) is 0.861. The molecule has 3 nitrogen and oxygen atoms in total. The Balaban J connectivity index is 2.13. The van der Waals surface area contributed by atoms with E-state index in [-0.39, 0.29) is 11.9 Å². The van der Waals surface area contributed by atoms with Crippen LogP contribution in [-0.2, 0) is 6.18 Å². The van der Waals surface area contributed by atoms with E-state index in [1.54, 1.807) is 7.05 Å². The minimum absolute atomic E-state index is 0.193. The summed E-state index contributed by atoms with van der Waals surface area (Å²) in [7, 11) is 1.56. The molecule has 118 valence electrons. The third kappa shape index (κ3) is 4.25. The molecule has 21 heavy (non-hydrogen) atoms. The Hall–Kier alpha value is -1.46. The van der Waals surface area contributed by atoms with Crippen LogP contribution in [0.3, 0.4) is 0 Å². The van der Waals surface area contributed by atoms with E-state index >= 15 is 0 Å². The average molecular weight is 301 g/mol. The van der Waals surface area contributed by atoms with E-state index in [1.165, 1.54) is 0 Å². The first-order valence-corrected chi connectivity index (χ1v) is 7.23. The van der Waals surface area contributed by atoms with Crippen LogP contribution in [0.25, 0.3) is 0 Å². The van der Waals surface area contributed by atoms with E-state index in [1.807, 2.05) is 0 Å². The van der Waals surface area contributed by atoms with Crippen LogP contribution in [0.1, 0.15) is 45.1 Å². The molecule has 1 saturated carbocycles. The normalized spacial score (nSPS) is 19.3. The number of pyridine rings is 1. The highest BCUT2D eigenvalue weighted by Gasteiger charge is 2.32. The maximum atomic E-state index is 12.9. The lowest BCUT2D eigenvalue weighted by molar-refractivity contribution is -0.137. The zero-order valence-electron chi connectivity index (χ0n) is 12.6. The van der Waals surface area contributed by atoms with Crippen LogP contribution >= 0.6 is 0 Å². The monoisotopic (exact) mass is 301 g/mol. The first-order valence-electron chi connectivity index (χ1n) is 7.23. The van der Waals surface area contributed by atoms with Gasteiger partial charge >= 0.3 is 6.18 Å². The number of alkyl halides is 3. The summed E-state index contributed by atoms with van der Waals surface area (Å²) in [5.74, 6) is 0.516. The fourth-order valence-electron chi connectivity index (χ4n) is 2.65. The van der Waals surface area contributed by atoms with Crippen LogP contribution in [0.5, 0.6) is 0 Å².